The molecule has 1 aromatic carbocycles. The molecule has 2 rings (SSSR count). The van der Waals surface area contributed by atoms with Gasteiger partial charge in [0.1, 0.15) is 0 Å². The van der Waals surface area contributed by atoms with Crippen LogP contribution in [0.1, 0.15) is 16.8 Å². The lowest BCUT2D eigenvalue weighted by Gasteiger charge is -2.17. The topological polar surface area (TPSA) is 32.3 Å². The summed E-state index contributed by atoms with van der Waals surface area (Å²) in [6.07, 6.45) is 1.04. The maximum absolute atomic E-state index is 12.3. The van der Waals surface area contributed by atoms with E-state index in [2.05, 4.69) is 5.32 Å². The Hall–Kier alpha value is -0.770. The summed E-state index contributed by atoms with van der Waals surface area (Å²) < 4.78 is 0. The van der Waals surface area contributed by atoms with Gasteiger partial charge in [0.2, 0.25) is 0 Å². The first-order valence-corrected chi connectivity index (χ1v) is 6.75. The molecule has 1 fully saturated rings. The van der Waals surface area contributed by atoms with Gasteiger partial charge in [-0.3, -0.25) is 4.79 Å². The molecule has 1 aromatic rings. The van der Waals surface area contributed by atoms with Crippen LogP contribution in [-0.2, 0) is 0 Å². The number of hydrogen-bond donors (Lipinski definition) is 1. The van der Waals surface area contributed by atoms with Crippen LogP contribution >= 0.6 is 23.2 Å². The summed E-state index contributed by atoms with van der Waals surface area (Å²) in [5, 5.41) is 4.14. The van der Waals surface area contributed by atoms with Gasteiger partial charge in [-0.1, -0.05) is 23.2 Å². The molecule has 1 aliphatic heterocycles. The molecule has 98 valence electrons. The lowest BCUT2D eigenvalue weighted by atomic mass is 10.1. The Kier molecular flexibility index (Phi) is 4.49. The number of halogens is 2. The second-order valence-electron chi connectivity index (χ2n) is 4.62. The molecule has 1 heterocycles. The van der Waals surface area contributed by atoms with Gasteiger partial charge in [-0.15, -0.1) is 0 Å². The van der Waals surface area contributed by atoms with E-state index in [9.17, 15) is 4.79 Å². The Labute approximate surface area is 117 Å². The number of likely N-dealkylation sites (tertiary alicyclic amines) is 1. The van der Waals surface area contributed by atoms with Crippen LogP contribution in [0, 0.1) is 5.92 Å². The normalized spacial score (nSPS) is 19.3. The predicted molar refractivity (Wildman–Crippen MR) is 74.4 cm³/mol. The van der Waals surface area contributed by atoms with E-state index in [0.29, 0.717) is 21.5 Å². The average molecular weight is 287 g/mol. The number of rotatable bonds is 3. The number of carbonyl (C=O) groups is 1. The van der Waals surface area contributed by atoms with Gasteiger partial charge in [0.05, 0.1) is 0 Å². The third-order valence-electron chi connectivity index (χ3n) is 3.18. The lowest BCUT2D eigenvalue weighted by molar-refractivity contribution is 0.0787. The molecule has 5 heteroatoms. The molecule has 0 bridgehead atoms. The Morgan fingerprint density at radius 1 is 1.39 bits per heavy atom. The maximum Gasteiger partial charge on any atom is 0.253 e. The van der Waals surface area contributed by atoms with Crippen LogP contribution in [0.15, 0.2) is 18.2 Å². The van der Waals surface area contributed by atoms with Crippen molar-refractivity contribution in [3.8, 4) is 0 Å². The van der Waals surface area contributed by atoms with Gasteiger partial charge < -0.3 is 10.2 Å². The highest BCUT2D eigenvalue weighted by atomic mass is 35.5. The summed E-state index contributed by atoms with van der Waals surface area (Å²) in [5.74, 6) is 0.548. The second-order valence-corrected chi connectivity index (χ2v) is 5.49. The average Bonchev–Trinajstić information content (AvgIpc) is 2.76. The number of carbonyl (C=O) groups excluding carboxylic acids is 1. The summed E-state index contributed by atoms with van der Waals surface area (Å²) in [4.78, 5) is 14.2. The molecule has 1 atom stereocenters. The number of benzene rings is 1. The van der Waals surface area contributed by atoms with Gasteiger partial charge in [-0.05, 0) is 44.1 Å². The number of amides is 1. The molecule has 0 saturated carbocycles. The van der Waals surface area contributed by atoms with E-state index < -0.39 is 0 Å². The van der Waals surface area contributed by atoms with Gasteiger partial charge in [0, 0.05) is 28.7 Å². The number of hydrogen-bond acceptors (Lipinski definition) is 2. The van der Waals surface area contributed by atoms with Crippen molar-refractivity contribution in [2.24, 2.45) is 5.92 Å². The molecule has 0 radical (unpaired) electrons. The standard InChI is InChI=1S/C13H16Cl2N2O/c1-16-7-9-2-3-17(8-9)13(18)10-4-11(14)6-12(15)5-10/h4-6,9,16H,2-3,7-8H2,1H3/t9-/m0/s1. The third kappa shape index (κ3) is 3.16. The SMILES string of the molecule is CNC[C@@H]1CCN(C(=O)c2cc(Cl)cc(Cl)c2)C1. The molecule has 1 aliphatic rings. The maximum atomic E-state index is 12.3. The van der Waals surface area contributed by atoms with Crippen molar-refractivity contribution in [1.82, 2.24) is 10.2 Å². The summed E-state index contributed by atoms with van der Waals surface area (Å²) in [5.41, 5.74) is 0.567. The van der Waals surface area contributed by atoms with E-state index in [1.165, 1.54) is 0 Å². The first-order chi connectivity index (χ1) is 8.60. The fourth-order valence-electron chi connectivity index (χ4n) is 2.33. The van der Waals surface area contributed by atoms with Crippen molar-refractivity contribution in [3.63, 3.8) is 0 Å². The van der Waals surface area contributed by atoms with Crippen LogP contribution in [0.3, 0.4) is 0 Å². The first kappa shape index (κ1) is 13.7. The molecule has 1 amide bonds. The number of nitrogens with zero attached hydrogens (tertiary/aromatic N) is 1. The van der Waals surface area contributed by atoms with Gasteiger partial charge in [0.15, 0.2) is 0 Å². The summed E-state index contributed by atoms with van der Waals surface area (Å²) in [7, 11) is 1.93. The van der Waals surface area contributed by atoms with E-state index >= 15 is 0 Å². The van der Waals surface area contributed by atoms with Crippen LogP contribution in [0.5, 0.6) is 0 Å². The Bertz CT molecular complexity index is 430. The van der Waals surface area contributed by atoms with Crippen molar-refractivity contribution in [3.05, 3.63) is 33.8 Å². The van der Waals surface area contributed by atoms with Crippen LogP contribution in [0.2, 0.25) is 10.0 Å². The fraction of sp³-hybridized carbons (Fsp3) is 0.462. The smallest absolute Gasteiger partial charge is 0.253 e. The van der Waals surface area contributed by atoms with Crippen molar-refractivity contribution >= 4 is 29.1 Å². The molecule has 1 saturated heterocycles. The third-order valence-corrected chi connectivity index (χ3v) is 3.61. The minimum atomic E-state index is 0.0120. The fourth-order valence-corrected chi connectivity index (χ4v) is 2.86. The Morgan fingerprint density at radius 2 is 2.06 bits per heavy atom. The molecule has 0 unspecified atom stereocenters. The summed E-state index contributed by atoms with van der Waals surface area (Å²) in [6.45, 7) is 2.54. The lowest BCUT2D eigenvalue weighted by Crippen LogP contribution is -2.30. The van der Waals surface area contributed by atoms with Crippen LogP contribution in [0.4, 0.5) is 0 Å². The summed E-state index contributed by atoms with van der Waals surface area (Å²) >= 11 is 11.8. The quantitative estimate of drug-likeness (QED) is 0.927. The van der Waals surface area contributed by atoms with E-state index in [4.69, 9.17) is 23.2 Å². The molecule has 18 heavy (non-hydrogen) atoms. The molecule has 1 N–H and O–H groups in total. The van der Waals surface area contributed by atoms with Crippen molar-refractivity contribution in [2.45, 2.75) is 6.42 Å². The van der Waals surface area contributed by atoms with E-state index in [0.717, 1.165) is 26.1 Å². The first-order valence-electron chi connectivity index (χ1n) is 6.00. The van der Waals surface area contributed by atoms with Crippen molar-refractivity contribution < 1.29 is 4.79 Å². The van der Waals surface area contributed by atoms with Crippen LogP contribution < -0.4 is 5.32 Å². The molecule has 0 aliphatic carbocycles. The zero-order chi connectivity index (χ0) is 13.1. The van der Waals surface area contributed by atoms with Gasteiger partial charge in [-0.25, -0.2) is 0 Å². The summed E-state index contributed by atoms with van der Waals surface area (Å²) in [6, 6.07) is 4.97. The van der Waals surface area contributed by atoms with Gasteiger partial charge in [-0.2, -0.15) is 0 Å². The minimum absolute atomic E-state index is 0.0120. The van der Waals surface area contributed by atoms with Crippen molar-refractivity contribution in [1.29, 1.82) is 0 Å². The highest BCUT2D eigenvalue weighted by Crippen LogP contribution is 2.23. The molecule has 0 aromatic heterocycles. The zero-order valence-corrected chi connectivity index (χ0v) is 11.8. The molecule has 3 nitrogen and oxygen atoms in total. The molecular weight excluding hydrogens is 271 g/mol. The predicted octanol–water partition coefficient (Wildman–Crippen LogP) is 2.67. The zero-order valence-electron chi connectivity index (χ0n) is 10.2. The van der Waals surface area contributed by atoms with E-state index in [-0.39, 0.29) is 5.91 Å². The monoisotopic (exact) mass is 286 g/mol. The molecule has 0 spiro atoms. The van der Waals surface area contributed by atoms with Crippen LogP contribution in [-0.4, -0.2) is 37.5 Å². The Balaban J connectivity index is 2.08. The number of nitrogens with one attached hydrogen (secondary N) is 1. The largest absolute Gasteiger partial charge is 0.338 e. The second kappa shape index (κ2) is 5.91. The minimum Gasteiger partial charge on any atom is -0.338 e. The van der Waals surface area contributed by atoms with E-state index in [1.807, 2.05) is 11.9 Å². The highest BCUT2D eigenvalue weighted by molar-refractivity contribution is 6.35. The van der Waals surface area contributed by atoms with Crippen LogP contribution in [0.25, 0.3) is 0 Å². The highest BCUT2D eigenvalue weighted by Gasteiger charge is 2.26. The van der Waals surface area contributed by atoms with Gasteiger partial charge in [0.25, 0.3) is 5.91 Å². The van der Waals surface area contributed by atoms with E-state index in [1.54, 1.807) is 18.2 Å². The van der Waals surface area contributed by atoms with Crippen molar-refractivity contribution in [2.75, 3.05) is 26.7 Å². The Morgan fingerprint density at radius 3 is 2.67 bits per heavy atom. The van der Waals surface area contributed by atoms with Gasteiger partial charge >= 0.3 is 0 Å². The molecular formula is C13H16Cl2N2O.